The number of rotatable bonds is 8. The maximum absolute atomic E-state index is 11.5. The number of guanidine groups is 1. The Kier molecular flexibility index (Phi) is 8.38. The molecule has 1 saturated heterocycles. The zero-order valence-electron chi connectivity index (χ0n) is 16.0. The molecule has 0 radical (unpaired) electrons. The van der Waals surface area contributed by atoms with Crippen LogP contribution in [0.15, 0.2) is 34.2 Å². The predicted octanol–water partition coefficient (Wildman–Crippen LogP) is 1.67. The van der Waals surface area contributed by atoms with E-state index in [-0.39, 0.29) is 0 Å². The van der Waals surface area contributed by atoms with Gasteiger partial charge >= 0.3 is 0 Å². The average molecular weight is 381 g/mol. The largest absolute Gasteiger partial charge is 0.357 e. The van der Waals surface area contributed by atoms with E-state index < -0.39 is 9.84 Å². The van der Waals surface area contributed by atoms with Crippen LogP contribution >= 0.6 is 0 Å². The lowest BCUT2D eigenvalue weighted by molar-refractivity contribution is 0.235. The second-order valence-corrected chi connectivity index (χ2v) is 8.77. The highest BCUT2D eigenvalue weighted by Crippen LogP contribution is 2.10. The second-order valence-electron chi connectivity index (χ2n) is 6.76. The van der Waals surface area contributed by atoms with Crippen molar-refractivity contribution in [3.63, 3.8) is 0 Å². The predicted molar refractivity (Wildman–Crippen MR) is 108 cm³/mol. The molecule has 0 aliphatic carbocycles. The molecule has 0 saturated carbocycles. The Morgan fingerprint density at radius 3 is 2.42 bits per heavy atom. The molecule has 2 rings (SSSR count). The van der Waals surface area contributed by atoms with Gasteiger partial charge in [-0.1, -0.05) is 18.6 Å². The highest BCUT2D eigenvalue weighted by molar-refractivity contribution is 7.90. The number of hydrogen-bond donors (Lipinski definition) is 2. The van der Waals surface area contributed by atoms with E-state index in [1.807, 2.05) is 12.1 Å². The van der Waals surface area contributed by atoms with Gasteiger partial charge < -0.3 is 15.5 Å². The molecule has 1 heterocycles. The average Bonchev–Trinajstić information content (AvgIpc) is 2.62. The molecule has 26 heavy (non-hydrogen) atoms. The highest BCUT2D eigenvalue weighted by atomic mass is 32.2. The van der Waals surface area contributed by atoms with E-state index in [2.05, 4.69) is 27.4 Å². The SMILES string of the molecule is CCNC(=NCCN1CCCCC1)NCCc1ccc(S(C)(=O)=O)cc1. The molecule has 0 bridgehead atoms. The molecule has 1 aliphatic heterocycles. The molecule has 0 unspecified atom stereocenters. The molecule has 7 heteroatoms. The summed E-state index contributed by atoms with van der Waals surface area (Å²) in [6.45, 7) is 7.87. The van der Waals surface area contributed by atoms with Crippen LogP contribution in [0.3, 0.4) is 0 Å². The van der Waals surface area contributed by atoms with Crippen molar-refractivity contribution in [1.82, 2.24) is 15.5 Å². The maximum Gasteiger partial charge on any atom is 0.191 e. The van der Waals surface area contributed by atoms with Gasteiger partial charge in [-0.15, -0.1) is 0 Å². The molecule has 0 spiro atoms. The molecule has 1 fully saturated rings. The lowest BCUT2D eigenvalue weighted by Crippen LogP contribution is -2.39. The molecule has 2 N–H and O–H groups in total. The highest BCUT2D eigenvalue weighted by Gasteiger charge is 2.09. The zero-order valence-corrected chi connectivity index (χ0v) is 16.8. The second kappa shape index (κ2) is 10.5. The first kappa shape index (κ1) is 20.7. The third-order valence-electron chi connectivity index (χ3n) is 4.54. The van der Waals surface area contributed by atoms with Crippen LogP contribution in [0.4, 0.5) is 0 Å². The summed E-state index contributed by atoms with van der Waals surface area (Å²) in [5.41, 5.74) is 1.11. The first-order chi connectivity index (χ1) is 12.5. The smallest absolute Gasteiger partial charge is 0.191 e. The fourth-order valence-electron chi connectivity index (χ4n) is 3.06. The van der Waals surface area contributed by atoms with Gasteiger partial charge in [0.2, 0.25) is 0 Å². The Morgan fingerprint density at radius 1 is 1.12 bits per heavy atom. The number of nitrogens with zero attached hydrogens (tertiary/aromatic N) is 2. The standard InChI is InChI=1S/C19H32N4O2S/c1-3-20-19(22-13-16-23-14-5-4-6-15-23)21-12-11-17-7-9-18(10-8-17)26(2,24)25/h7-10H,3-6,11-16H2,1-2H3,(H2,20,21,22). The van der Waals surface area contributed by atoms with E-state index in [1.165, 1.54) is 38.6 Å². The molecule has 6 nitrogen and oxygen atoms in total. The normalized spacial score (nSPS) is 16.5. The van der Waals surface area contributed by atoms with Crippen molar-refractivity contribution < 1.29 is 8.42 Å². The Balaban J connectivity index is 1.77. The lowest BCUT2D eigenvalue weighted by atomic mass is 10.1. The number of likely N-dealkylation sites (tertiary alicyclic amines) is 1. The summed E-state index contributed by atoms with van der Waals surface area (Å²) < 4.78 is 23.0. The Morgan fingerprint density at radius 2 is 1.81 bits per heavy atom. The summed E-state index contributed by atoms with van der Waals surface area (Å²) in [6.07, 6.45) is 6.02. The van der Waals surface area contributed by atoms with Crippen molar-refractivity contribution in [2.45, 2.75) is 37.5 Å². The van der Waals surface area contributed by atoms with Gasteiger partial charge in [-0.2, -0.15) is 0 Å². The van der Waals surface area contributed by atoms with Gasteiger partial charge in [0.15, 0.2) is 15.8 Å². The molecule has 1 aromatic carbocycles. The monoisotopic (exact) mass is 380 g/mol. The minimum Gasteiger partial charge on any atom is -0.357 e. The van der Waals surface area contributed by atoms with Crippen LogP contribution < -0.4 is 10.6 Å². The van der Waals surface area contributed by atoms with Crippen molar-refractivity contribution in [2.24, 2.45) is 4.99 Å². The van der Waals surface area contributed by atoms with Gasteiger partial charge in [-0.25, -0.2) is 8.42 Å². The Bertz CT molecular complexity index is 665. The Hall–Kier alpha value is -1.60. The molecular weight excluding hydrogens is 348 g/mol. The van der Waals surface area contributed by atoms with Gasteiger partial charge in [0.25, 0.3) is 0 Å². The van der Waals surface area contributed by atoms with Gasteiger partial charge in [0.1, 0.15) is 0 Å². The van der Waals surface area contributed by atoms with E-state index in [1.54, 1.807) is 12.1 Å². The molecule has 1 aromatic rings. The summed E-state index contributed by atoms with van der Waals surface area (Å²) in [4.78, 5) is 7.51. The van der Waals surface area contributed by atoms with E-state index in [0.717, 1.165) is 44.1 Å². The van der Waals surface area contributed by atoms with Gasteiger partial charge in [0.05, 0.1) is 11.4 Å². The number of hydrogen-bond acceptors (Lipinski definition) is 4. The van der Waals surface area contributed by atoms with Gasteiger partial charge in [-0.05, 0) is 57.0 Å². The van der Waals surface area contributed by atoms with Crippen LogP contribution in [0.25, 0.3) is 0 Å². The fourth-order valence-corrected chi connectivity index (χ4v) is 3.69. The van der Waals surface area contributed by atoms with Crippen molar-refractivity contribution in [2.75, 3.05) is 45.5 Å². The van der Waals surface area contributed by atoms with Crippen molar-refractivity contribution in [3.05, 3.63) is 29.8 Å². The summed E-state index contributed by atoms with van der Waals surface area (Å²) >= 11 is 0. The summed E-state index contributed by atoms with van der Waals surface area (Å²) in [7, 11) is -3.13. The van der Waals surface area contributed by atoms with Gasteiger partial charge in [0, 0.05) is 25.9 Å². The van der Waals surface area contributed by atoms with Crippen molar-refractivity contribution >= 4 is 15.8 Å². The van der Waals surface area contributed by atoms with E-state index in [4.69, 9.17) is 0 Å². The minimum atomic E-state index is -3.13. The number of nitrogens with one attached hydrogen (secondary N) is 2. The number of aliphatic imine (C=N–C) groups is 1. The lowest BCUT2D eigenvalue weighted by Gasteiger charge is -2.25. The minimum absolute atomic E-state index is 0.363. The van der Waals surface area contributed by atoms with Crippen LogP contribution in [0.2, 0.25) is 0 Å². The molecule has 0 atom stereocenters. The van der Waals surface area contributed by atoms with Crippen LogP contribution in [0.1, 0.15) is 31.7 Å². The van der Waals surface area contributed by atoms with E-state index >= 15 is 0 Å². The maximum atomic E-state index is 11.5. The topological polar surface area (TPSA) is 73.8 Å². The first-order valence-electron chi connectivity index (χ1n) is 9.52. The van der Waals surface area contributed by atoms with Crippen molar-refractivity contribution in [3.8, 4) is 0 Å². The summed E-state index contributed by atoms with van der Waals surface area (Å²) in [5.74, 6) is 0.845. The van der Waals surface area contributed by atoms with Crippen LogP contribution in [-0.2, 0) is 16.3 Å². The number of benzene rings is 1. The third-order valence-corrected chi connectivity index (χ3v) is 5.67. The third kappa shape index (κ3) is 7.33. The van der Waals surface area contributed by atoms with Crippen molar-refractivity contribution in [1.29, 1.82) is 0 Å². The van der Waals surface area contributed by atoms with E-state index in [9.17, 15) is 8.42 Å². The van der Waals surface area contributed by atoms with Crippen LogP contribution in [0.5, 0.6) is 0 Å². The quantitative estimate of drug-likeness (QED) is 0.530. The molecular formula is C19H32N4O2S. The molecule has 0 amide bonds. The first-order valence-corrected chi connectivity index (χ1v) is 11.4. The van der Waals surface area contributed by atoms with E-state index in [0.29, 0.717) is 4.90 Å². The summed E-state index contributed by atoms with van der Waals surface area (Å²) in [5, 5.41) is 6.63. The van der Waals surface area contributed by atoms with Crippen LogP contribution in [0, 0.1) is 0 Å². The van der Waals surface area contributed by atoms with Gasteiger partial charge in [-0.3, -0.25) is 4.99 Å². The number of sulfone groups is 1. The fraction of sp³-hybridized carbons (Fsp3) is 0.632. The molecule has 1 aliphatic rings. The molecule has 0 aromatic heterocycles. The molecule has 146 valence electrons. The summed E-state index contributed by atoms with van der Waals surface area (Å²) in [6, 6.07) is 7.09. The number of piperidine rings is 1. The zero-order chi connectivity index (χ0) is 18.8. The van der Waals surface area contributed by atoms with Crippen LogP contribution in [-0.4, -0.2) is 64.8 Å². The Labute approximate surface area is 158 Å².